The van der Waals surface area contributed by atoms with E-state index in [-0.39, 0.29) is 27.4 Å². The Kier molecular flexibility index (Phi) is 7.38. The van der Waals surface area contributed by atoms with Gasteiger partial charge in [-0.3, -0.25) is 0 Å². The van der Waals surface area contributed by atoms with E-state index >= 15 is 0 Å². The topological polar surface area (TPSA) is 92.7 Å². The predicted octanol–water partition coefficient (Wildman–Crippen LogP) is 5.14. The number of hydrogen-bond donors (Lipinski definition) is 1. The minimum atomic E-state index is -0.904. The number of allylic oxidation sites excluding steroid dienone is 1. The Morgan fingerprint density at radius 1 is 0.725 bits per heavy atom. The minimum absolute atomic E-state index is 0.0375. The lowest BCUT2D eigenvalue weighted by molar-refractivity contribution is -0.289. The van der Waals surface area contributed by atoms with E-state index in [1.165, 1.54) is 0 Å². The molecule has 2 unspecified atom stereocenters. The molecule has 7 aliphatic rings. The summed E-state index contributed by atoms with van der Waals surface area (Å²) in [6.07, 6.45) is 8.42. The monoisotopic (exact) mass is 562 g/mol. The third kappa shape index (κ3) is 4.83. The summed E-state index contributed by atoms with van der Waals surface area (Å²) in [4.78, 5) is 12.5. The highest BCUT2D eigenvalue weighted by Gasteiger charge is 2.67. The van der Waals surface area contributed by atoms with Crippen molar-refractivity contribution in [3.8, 4) is 0 Å². The second-order valence-electron chi connectivity index (χ2n) is 14.8. The van der Waals surface area contributed by atoms with Crippen molar-refractivity contribution in [2.75, 3.05) is 59.5 Å². The van der Waals surface area contributed by atoms with Gasteiger partial charge in [-0.1, -0.05) is 20.8 Å². The Hall–Kier alpha value is -1.19. The van der Waals surface area contributed by atoms with Crippen molar-refractivity contribution in [3.05, 3.63) is 11.3 Å². The van der Waals surface area contributed by atoms with E-state index in [9.17, 15) is 9.90 Å². The molecule has 40 heavy (non-hydrogen) atoms. The Morgan fingerprint density at radius 3 is 1.55 bits per heavy atom. The van der Waals surface area contributed by atoms with E-state index in [2.05, 4.69) is 20.8 Å². The van der Waals surface area contributed by atoms with Crippen LogP contribution < -0.4 is 0 Å². The van der Waals surface area contributed by atoms with Crippen LogP contribution in [0.4, 0.5) is 0 Å². The smallest absolute Gasteiger partial charge is 0.334 e. The Labute approximate surface area is 239 Å². The molecule has 4 saturated carbocycles. The van der Waals surface area contributed by atoms with Crippen molar-refractivity contribution >= 4 is 5.97 Å². The summed E-state index contributed by atoms with van der Waals surface area (Å²) < 4.78 is 37.6. The van der Waals surface area contributed by atoms with Crippen molar-refractivity contribution in [3.63, 3.8) is 0 Å². The third-order valence-electron chi connectivity index (χ3n) is 11.7. The molecular weight excluding hydrogens is 512 g/mol. The summed E-state index contributed by atoms with van der Waals surface area (Å²) in [5, 5.41) is 10.3. The van der Waals surface area contributed by atoms with Gasteiger partial charge >= 0.3 is 5.97 Å². The van der Waals surface area contributed by atoms with Crippen LogP contribution in [-0.4, -0.2) is 81.7 Å². The Bertz CT molecular complexity index is 948. The molecule has 0 aromatic heterocycles. The zero-order chi connectivity index (χ0) is 28.3. The maximum Gasteiger partial charge on any atom is 0.334 e. The maximum atomic E-state index is 12.5. The van der Waals surface area contributed by atoms with E-state index in [4.69, 9.17) is 28.4 Å². The lowest BCUT2D eigenvalue weighted by atomic mass is 9.45. The fourth-order valence-electron chi connectivity index (χ4n) is 8.77. The quantitative estimate of drug-likeness (QED) is 0.230. The van der Waals surface area contributed by atoms with Crippen LogP contribution in [0.3, 0.4) is 0 Å². The summed E-state index contributed by atoms with van der Waals surface area (Å²) in [5.74, 6) is 0.174. The summed E-state index contributed by atoms with van der Waals surface area (Å²) in [5.41, 5.74) is -0.636. The summed E-state index contributed by atoms with van der Waals surface area (Å²) >= 11 is 0. The van der Waals surface area contributed by atoms with Gasteiger partial charge < -0.3 is 33.5 Å². The van der Waals surface area contributed by atoms with Crippen LogP contribution in [0.5, 0.6) is 0 Å². The van der Waals surface area contributed by atoms with Crippen LogP contribution in [-0.2, 0) is 33.2 Å². The second kappa shape index (κ2) is 10.2. The molecule has 226 valence electrons. The van der Waals surface area contributed by atoms with Gasteiger partial charge in [-0.25, -0.2) is 4.79 Å². The molecule has 0 radical (unpaired) electrons. The molecule has 0 amide bonds. The Balaban J connectivity index is 1.33. The molecule has 7 rings (SSSR count). The Morgan fingerprint density at radius 2 is 1.18 bits per heavy atom. The zero-order valence-corrected chi connectivity index (χ0v) is 25.1. The van der Waals surface area contributed by atoms with Gasteiger partial charge in [0.15, 0.2) is 0 Å². The van der Waals surface area contributed by atoms with E-state index in [0.29, 0.717) is 50.3 Å². The molecule has 1 N–H and O–H groups in total. The first kappa shape index (κ1) is 28.9. The second-order valence-corrected chi connectivity index (χ2v) is 14.8. The van der Waals surface area contributed by atoms with Gasteiger partial charge in [0, 0.05) is 22.7 Å². The number of carboxylic acid groups (broad SMARTS) is 1. The molecule has 0 aromatic rings. The summed E-state index contributed by atoms with van der Waals surface area (Å²) in [6, 6.07) is 0. The van der Waals surface area contributed by atoms with Gasteiger partial charge in [0.2, 0.25) is 0 Å². The first-order valence-electron chi connectivity index (χ1n) is 15.7. The lowest BCUT2D eigenvalue weighted by Crippen LogP contribution is -2.66. The molecule has 0 spiro atoms. The molecule has 8 heteroatoms. The number of aliphatic carboxylic acids is 1. The van der Waals surface area contributed by atoms with Crippen LogP contribution in [0.15, 0.2) is 11.3 Å². The number of hydrogen-bond acceptors (Lipinski definition) is 7. The normalized spacial score (nSPS) is 38.5. The third-order valence-corrected chi connectivity index (χ3v) is 11.7. The minimum Gasteiger partial charge on any atom is -0.496 e. The van der Waals surface area contributed by atoms with Crippen LogP contribution in [0.2, 0.25) is 0 Å². The summed E-state index contributed by atoms with van der Waals surface area (Å²) in [7, 11) is 0. The molecule has 7 fully saturated rings. The van der Waals surface area contributed by atoms with Crippen molar-refractivity contribution in [2.24, 2.45) is 27.6 Å². The molecule has 8 nitrogen and oxygen atoms in total. The molecular formula is C32H50O8. The SMILES string of the molecule is CCC1(COC(=C(C)C(=O)O)C23CC4CC(OCC5(CC)COC5)(CC(OCC5(CC)COC5)(C4)C2)C3)COC1. The lowest BCUT2D eigenvalue weighted by Gasteiger charge is -2.66. The molecule has 3 saturated heterocycles. The number of carbonyl (C=O) groups is 1. The van der Waals surface area contributed by atoms with E-state index < -0.39 is 11.4 Å². The average molecular weight is 563 g/mol. The van der Waals surface area contributed by atoms with Crippen molar-refractivity contribution < 1.29 is 38.3 Å². The summed E-state index contributed by atoms with van der Waals surface area (Å²) in [6.45, 7) is 14.5. The number of rotatable bonds is 14. The standard InChI is InChI=1S/C32H50O8/c1-5-27(14-35-15-27)20-38-25(23(4)26(33)34)30-8-24-9-31(11-30,39-21-28(6-2)16-36-17-28)13-32(10-24,12-30)40-22-29(7-3)18-37-19-29/h24H,5-22H2,1-4H3,(H,33,34). The van der Waals surface area contributed by atoms with Crippen molar-refractivity contribution in [1.82, 2.24) is 0 Å². The van der Waals surface area contributed by atoms with E-state index in [1.807, 2.05) is 0 Å². The maximum absolute atomic E-state index is 12.5. The fourth-order valence-corrected chi connectivity index (χ4v) is 8.77. The number of carboxylic acids is 1. The van der Waals surface area contributed by atoms with Gasteiger partial charge in [0.1, 0.15) is 5.76 Å². The molecule has 0 aromatic carbocycles. The predicted molar refractivity (Wildman–Crippen MR) is 148 cm³/mol. The van der Waals surface area contributed by atoms with Gasteiger partial charge in [0.25, 0.3) is 0 Å². The van der Waals surface area contributed by atoms with Gasteiger partial charge in [-0.05, 0) is 64.2 Å². The van der Waals surface area contributed by atoms with Crippen LogP contribution in [0.25, 0.3) is 0 Å². The van der Waals surface area contributed by atoms with Gasteiger partial charge in [-0.2, -0.15) is 0 Å². The van der Waals surface area contributed by atoms with E-state index in [1.54, 1.807) is 6.92 Å². The van der Waals surface area contributed by atoms with Crippen molar-refractivity contribution in [1.29, 1.82) is 0 Å². The average Bonchev–Trinajstić information content (AvgIpc) is 2.83. The van der Waals surface area contributed by atoms with Crippen molar-refractivity contribution in [2.45, 2.75) is 96.7 Å². The molecule has 4 aliphatic carbocycles. The van der Waals surface area contributed by atoms with Gasteiger partial charge in [-0.15, -0.1) is 0 Å². The van der Waals surface area contributed by atoms with E-state index in [0.717, 1.165) is 84.2 Å². The highest BCUT2D eigenvalue weighted by atomic mass is 16.5. The molecule has 3 aliphatic heterocycles. The largest absolute Gasteiger partial charge is 0.496 e. The number of ether oxygens (including phenoxy) is 6. The van der Waals surface area contributed by atoms with Crippen LogP contribution >= 0.6 is 0 Å². The highest BCUT2D eigenvalue weighted by Crippen LogP contribution is 2.68. The molecule has 4 bridgehead atoms. The first-order chi connectivity index (χ1) is 19.1. The first-order valence-corrected chi connectivity index (χ1v) is 15.7. The van der Waals surface area contributed by atoms with Crippen LogP contribution in [0, 0.1) is 27.6 Å². The fraction of sp³-hybridized carbons (Fsp3) is 0.906. The van der Waals surface area contributed by atoms with Gasteiger partial charge in [0.05, 0.1) is 81.7 Å². The zero-order valence-electron chi connectivity index (χ0n) is 25.1. The highest BCUT2D eigenvalue weighted by molar-refractivity contribution is 5.86. The molecule has 2 atom stereocenters. The van der Waals surface area contributed by atoms with Crippen LogP contribution in [0.1, 0.15) is 85.5 Å². The molecule has 3 heterocycles.